The maximum Gasteiger partial charge on any atom is 0.200 e. The summed E-state index contributed by atoms with van der Waals surface area (Å²) in [5.41, 5.74) is 0. The van der Waals surface area contributed by atoms with E-state index in [-0.39, 0.29) is 17.4 Å². The standard InChI is InChI=1S/C29H46F2O2/c1-4-6-20-7-12-25-17-24(14-13-23(25)16-20)22-10-8-21(9-11-22)18-33-26-15-19(3)29(32-5-2)28(31)27(26)30/h19-25H,4-18H2,1-3H3. The fraction of sp³-hybridized carbons (Fsp3) is 0.862. The van der Waals surface area contributed by atoms with Gasteiger partial charge < -0.3 is 9.47 Å². The Balaban J connectivity index is 1.22. The van der Waals surface area contributed by atoms with Gasteiger partial charge in [0.1, 0.15) is 11.5 Å². The lowest BCUT2D eigenvalue weighted by Gasteiger charge is -2.45. The molecule has 5 atom stereocenters. The zero-order valence-electron chi connectivity index (χ0n) is 21.2. The van der Waals surface area contributed by atoms with Gasteiger partial charge in [0.05, 0.1) is 13.2 Å². The molecule has 4 aliphatic rings. The van der Waals surface area contributed by atoms with E-state index in [4.69, 9.17) is 9.47 Å². The van der Waals surface area contributed by atoms with Crippen molar-refractivity contribution in [1.29, 1.82) is 0 Å². The zero-order valence-corrected chi connectivity index (χ0v) is 21.2. The van der Waals surface area contributed by atoms with Crippen molar-refractivity contribution in [1.82, 2.24) is 0 Å². The van der Waals surface area contributed by atoms with E-state index >= 15 is 0 Å². The first-order chi connectivity index (χ1) is 16.0. The smallest absolute Gasteiger partial charge is 0.200 e. The molecule has 0 heterocycles. The third-order valence-corrected chi connectivity index (χ3v) is 9.40. The third kappa shape index (κ3) is 5.96. The van der Waals surface area contributed by atoms with Gasteiger partial charge in [-0.25, -0.2) is 0 Å². The Morgan fingerprint density at radius 3 is 2.03 bits per heavy atom. The molecule has 0 N–H and O–H groups in total. The van der Waals surface area contributed by atoms with E-state index in [2.05, 4.69) is 6.92 Å². The lowest BCUT2D eigenvalue weighted by atomic mass is 9.60. The van der Waals surface area contributed by atoms with Gasteiger partial charge in [-0.3, -0.25) is 0 Å². The Kier molecular flexibility index (Phi) is 8.79. The molecule has 2 nitrogen and oxygen atoms in total. The summed E-state index contributed by atoms with van der Waals surface area (Å²) in [5, 5.41) is 0. The minimum Gasteiger partial charge on any atom is -0.495 e. The zero-order chi connectivity index (χ0) is 23.4. The van der Waals surface area contributed by atoms with Crippen molar-refractivity contribution in [3.8, 4) is 0 Å². The SMILES string of the molecule is CCCC1CCC2CC(C3CCC(COC4=C(F)C(F)=C(OCC)C(C)C4)CC3)CCC2C1. The maximum absolute atomic E-state index is 14.5. The predicted octanol–water partition coefficient (Wildman–Crippen LogP) is 8.88. The van der Waals surface area contributed by atoms with Crippen LogP contribution in [0.2, 0.25) is 0 Å². The second-order valence-corrected chi connectivity index (χ2v) is 11.6. The molecule has 0 spiro atoms. The van der Waals surface area contributed by atoms with Crippen molar-refractivity contribution in [2.24, 2.45) is 41.4 Å². The number of halogens is 2. The van der Waals surface area contributed by atoms with E-state index in [1.807, 2.05) is 6.92 Å². The molecular formula is C29H46F2O2. The van der Waals surface area contributed by atoms with Crippen LogP contribution >= 0.6 is 0 Å². The molecule has 3 saturated carbocycles. The van der Waals surface area contributed by atoms with Crippen molar-refractivity contribution in [2.75, 3.05) is 13.2 Å². The van der Waals surface area contributed by atoms with E-state index in [0.717, 1.165) is 29.6 Å². The van der Waals surface area contributed by atoms with Crippen LogP contribution in [0.1, 0.15) is 104 Å². The minimum absolute atomic E-state index is 0.136. The highest BCUT2D eigenvalue weighted by molar-refractivity contribution is 5.31. The highest BCUT2D eigenvalue weighted by Crippen LogP contribution is 2.49. The van der Waals surface area contributed by atoms with Crippen LogP contribution in [0.25, 0.3) is 0 Å². The van der Waals surface area contributed by atoms with Crippen LogP contribution in [-0.2, 0) is 9.47 Å². The molecule has 33 heavy (non-hydrogen) atoms. The third-order valence-electron chi connectivity index (χ3n) is 9.40. The van der Waals surface area contributed by atoms with Gasteiger partial charge in [-0.05, 0) is 100 Å². The van der Waals surface area contributed by atoms with Crippen molar-refractivity contribution in [3.05, 3.63) is 23.2 Å². The second kappa shape index (κ2) is 11.6. The van der Waals surface area contributed by atoms with Gasteiger partial charge in [-0.1, -0.05) is 33.1 Å². The largest absolute Gasteiger partial charge is 0.495 e. The Morgan fingerprint density at radius 2 is 1.33 bits per heavy atom. The van der Waals surface area contributed by atoms with Crippen LogP contribution in [0.5, 0.6) is 0 Å². The lowest BCUT2D eigenvalue weighted by molar-refractivity contribution is 0.0480. The lowest BCUT2D eigenvalue weighted by Crippen LogP contribution is -2.34. The first-order valence-corrected chi connectivity index (χ1v) is 14.0. The summed E-state index contributed by atoms with van der Waals surface area (Å²) >= 11 is 0. The molecule has 0 bridgehead atoms. The average Bonchev–Trinajstić information content (AvgIpc) is 2.83. The van der Waals surface area contributed by atoms with Crippen LogP contribution in [-0.4, -0.2) is 13.2 Å². The first-order valence-electron chi connectivity index (χ1n) is 14.0. The average molecular weight is 465 g/mol. The highest BCUT2D eigenvalue weighted by atomic mass is 19.2. The van der Waals surface area contributed by atoms with E-state index in [0.29, 0.717) is 25.6 Å². The molecule has 4 rings (SSSR count). The summed E-state index contributed by atoms with van der Waals surface area (Å²) in [6.07, 6.45) is 16.9. The summed E-state index contributed by atoms with van der Waals surface area (Å²) in [7, 11) is 0. The minimum atomic E-state index is -0.867. The van der Waals surface area contributed by atoms with Crippen LogP contribution in [0.3, 0.4) is 0 Å². The summed E-state index contributed by atoms with van der Waals surface area (Å²) in [6, 6.07) is 0. The maximum atomic E-state index is 14.5. The number of hydrogen-bond acceptors (Lipinski definition) is 2. The van der Waals surface area contributed by atoms with E-state index in [1.165, 1.54) is 77.0 Å². The molecule has 0 aromatic rings. The Bertz CT molecular complexity index is 706. The molecule has 0 aliphatic heterocycles. The molecule has 0 radical (unpaired) electrons. The molecule has 5 unspecified atom stereocenters. The first kappa shape index (κ1) is 25.0. The normalized spacial score (nSPS) is 37.7. The molecular weight excluding hydrogens is 418 g/mol. The fourth-order valence-electron chi connectivity index (χ4n) is 7.56. The van der Waals surface area contributed by atoms with Crippen LogP contribution < -0.4 is 0 Å². The van der Waals surface area contributed by atoms with Gasteiger partial charge in [0.15, 0.2) is 11.7 Å². The molecule has 4 aliphatic carbocycles. The number of hydrogen-bond donors (Lipinski definition) is 0. The number of ether oxygens (including phenoxy) is 2. The molecule has 0 aromatic heterocycles. The summed E-state index contributed by atoms with van der Waals surface area (Å²) < 4.78 is 40.0. The Labute approximate surface area is 200 Å². The molecule has 0 amide bonds. The summed E-state index contributed by atoms with van der Waals surface area (Å²) in [5.74, 6) is 3.69. The van der Waals surface area contributed by atoms with E-state index in [9.17, 15) is 8.78 Å². The van der Waals surface area contributed by atoms with Crippen molar-refractivity contribution in [2.45, 2.75) is 104 Å². The summed E-state index contributed by atoms with van der Waals surface area (Å²) in [6.45, 7) is 6.87. The number of allylic oxidation sites excluding steroid dienone is 4. The highest BCUT2D eigenvalue weighted by Gasteiger charge is 2.39. The van der Waals surface area contributed by atoms with Gasteiger partial charge in [-0.15, -0.1) is 0 Å². The van der Waals surface area contributed by atoms with Gasteiger partial charge >= 0.3 is 0 Å². The van der Waals surface area contributed by atoms with E-state index in [1.54, 1.807) is 6.92 Å². The van der Waals surface area contributed by atoms with Gasteiger partial charge in [0.25, 0.3) is 0 Å². The molecule has 3 fully saturated rings. The summed E-state index contributed by atoms with van der Waals surface area (Å²) in [4.78, 5) is 0. The Hall–Kier alpha value is -1.06. The topological polar surface area (TPSA) is 18.5 Å². The van der Waals surface area contributed by atoms with Crippen molar-refractivity contribution in [3.63, 3.8) is 0 Å². The molecule has 0 saturated heterocycles. The van der Waals surface area contributed by atoms with Crippen LogP contribution in [0.4, 0.5) is 8.78 Å². The van der Waals surface area contributed by atoms with Crippen molar-refractivity contribution < 1.29 is 18.3 Å². The van der Waals surface area contributed by atoms with Gasteiger partial charge in [-0.2, -0.15) is 8.78 Å². The number of fused-ring (bicyclic) bond motifs is 1. The number of rotatable bonds is 8. The van der Waals surface area contributed by atoms with Crippen LogP contribution in [0, 0.1) is 41.4 Å². The predicted molar refractivity (Wildman–Crippen MR) is 130 cm³/mol. The quantitative estimate of drug-likeness (QED) is 0.357. The van der Waals surface area contributed by atoms with E-state index < -0.39 is 11.7 Å². The fourth-order valence-corrected chi connectivity index (χ4v) is 7.56. The van der Waals surface area contributed by atoms with Crippen molar-refractivity contribution >= 4 is 0 Å². The molecule has 188 valence electrons. The molecule has 0 aromatic carbocycles. The Morgan fingerprint density at radius 1 is 0.727 bits per heavy atom. The monoisotopic (exact) mass is 464 g/mol. The molecule has 4 heteroatoms. The van der Waals surface area contributed by atoms with Gasteiger partial charge in [0, 0.05) is 12.3 Å². The van der Waals surface area contributed by atoms with Gasteiger partial charge in [0.2, 0.25) is 0 Å². The second-order valence-electron chi connectivity index (χ2n) is 11.6. The van der Waals surface area contributed by atoms with Crippen LogP contribution in [0.15, 0.2) is 23.2 Å².